The fraction of sp³-hybridized carbons (Fsp3) is 0.316. The van der Waals surface area contributed by atoms with E-state index in [0.717, 1.165) is 5.56 Å². The number of sulfonamides is 1. The summed E-state index contributed by atoms with van der Waals surface area (Å²) in [4.78, 5) is 12.6. The Bertz CT molecular complexity index is 909. The van der Waals surface area contributed by atoms with Gasteiger partial charge in [0.2, 0.25) is 10.0 Å². The molecule has 0 aromatic heterocycles. The lowest BCUT2D eigenvalue weighted by molar-refractivity contribution is 0.102. The molecule has 1 amide bonds. The third-order valence-electron chi connectivity index (χ3n) is 3.69. The van der Waals surface area contributed by atoms with Gasteiger partial charge in [-0.05, 0) is 55.7 Å². The first-order valence-corrected chi connectivity index (χ1v) is 10.2. The van der Waals surface area contributed by atoms with E-state index < -0.39 is 15.9 Å². The van der Waals surface area contributed by atoms with E-state index >= 15 is 0 Å². The van der Waals surface area contributed by atoms with E-state index in [1.165, 1.54) is 18.2 Å². The number of carbonyl (C=O) groups is 1. The molecule has 2 aromatic carbocycles. The Morgan fingerprint density at radius 2 is 1.73 bits per heavy atom. The lowest BCUT2D eigenvalue weighted by Gasteiger charge is -2.13. The summed E-state index contributed by atoms with van der Waals surface area (Å²) in [5, 5.41) is 2.96. The number of rotatable bonds is 6. The van der Waals surface area contributed by atoms with E-state index in [9.17, 15) is 13.2 Å². The SMILES string of the molecule is CC(C)NS(=O)(=O)c1ccc(Cl)c(C(=O)Nc2cccc(C(C)C)c2)c1. The summed E-state index contributed by atoms with van der Waals surface area (Å²) >= 11 is 6.12. The van der Waals surface area contributed by atoms with Gasteiger partial charge in [0.05, 0.1) is 15.5 Å². The van der Waals surface area contributed by atoms with Crippen LogP contribution in [0.1, 0.15) is 49.5 Å². The topological polar surface area (TPSA) is 75.3 Å². The van der Waals surface area contributed by atoms with Gasteiger partial charge in [0, 0.05) is 11.7 Å². The standard InChI is InChI=1S/C19H23ClN2O3S/c1-12(2)14-6-5-7-15(10-14)21-19(23)17-11-16(8-9-18(17)20)26(24,25)22-13(3)4/h5-13,22H,1-4H3,(H,21,23). The summed E-state index contributed by atoms with van der Waals surface area (Å²) in [5.41, 5.74) is 1.82. The van der Waals surface area contributed by atoms with E-state index in [2.05, 4.69) is 23.9 Å². The average molecular weight is 395 g/mol. The quantitative estimate of drug-likeness (QED) is 0.762. The number of hydrogen-bond donors (Lipinski definition) is 2. The molecule has 0 saturated heterocycles. The Balaban J connectivity index is 2.32. The summed E-state index contributed by atoms with van der Waals surface area (Å²) < 4.78 is 27.1. The van der Waals surface area contributed by atoms with Crippen molar-refractivity contribution < 1.29 is 13.2 Å². The summed E-state index contributed by atoms with van der Waals surface area (Å²) in [6, 6.07) is 11.3. The second-order valence-corrected chi connectivity index (χ2v) is 8.77. The molecular formula is C19H23ClN2O3S. The molecule has 5 nitrogen and oxygen atoms in total. The van der Waals surface area contributed by atoms with E-state index in [1.807, 2.05) is 18.2 Å². The normalized spacial score (nSPS) is 11.8. The fourth-order valence-electron chi connectivity index (χ4n) is 2.40. The summed E-state index contributed by atoms with van der Waals surface area (Å²) in [6.45, 7) is 7.58. The number of nitrogens with one attached hydrogen (secondary N) is 2. The lowest BCUT2D eigenvalue weighted by atomic mass is 10.0. The number of carbonyl (C=O) groups excluding carboxylic acids is 1. The number of hydrogen-bond acceptors (Lipinski definition) is 3. The zero-order valence-corrected chi connectivity index (χ0v) is 16.8. The Kier molecular flexibility index (Phi) is 6.44. The van der Waals surface area contributed by atoms with Gasteiger partial charge in [-0.2, -0.15) is 0 Å². The number of benzene rings is 2. The maximum Gasteiger partial charge on any atom is 0.257 e. The summed E-state index contributed by atoms with van der Waals surface area (Å²) in [5.74, 6) is -0.136. The predicted molar refractivity (Wildman–Crippen MR) is 105 cm³/mol. The molecule has 2 aromatic rings. The van der Waals surface area contributed by atoms with Crippen LogP contribution in [0.25, 0.3) is 0 Å². The van der Waals surface area contributed by atoms with Crippen molar-refractivity contribution in [1.82, 2.24) is 4.72 Å². The minimum Gasteiger partial charge on any atom is -0.322 e. The zero-order chi connectivity index (χ0) is 19.5. The lowest BCUT2D eigenvalue weighted by Crippen LogP contribution is -2.30. The van der Waals surface area contributed by atoms with Crippen molar-refractivity contribution in [1.29, 1.82) is 0 Å². The first-order chi connectivity index (χ1) is 12.1. The fourth-order valence-corrected chi connectivity index (χ4v) is 3.88. The maximum absolute atomic E-state index is 12.6. The van der Waals surface area contributed by atoms with Crippen LogP contribution < -0.4 is 10.0 Å². The van der Waals surface area contributed by atoms with Gasteiger partial charge in [-0.15, -0.1) is 0 Å². The first-order valence-electron chi connectivity index (χ1n) is 8.33. The van der Waals surface area contributed by atoms with Gasteiger partial charge in [-0.3, -0.25) is 4.79 Å². The summed E-state index contributed by atoms with van der Waals surface area (Å²) in [7, 11) is -3.71. The van der Waals surface area contributed by atoms with Gasteiger partial charge >= 0.3 is 0 Å². The van der Waals surface area contributed by atoms with Crippen LogP contribution in [0.5, 0.6) is 0 Å². The number of amides is 1. The van der Waals surface area contributed by atoms with Gasteiger partial charge in [-0.25, -0.2) is 13.1 Å². The van der Waals surface area contributed by atoms with Gasteiger partial charge in [0.15, 0.2) is 0 Å². The molecule has 140 valence electrons. The van der Waals surface area contributed by atoms with Crippen molar-refractivity contribution in [3.63, 3.8) is 0 Å². The third kappa shape index (κ3) is 5.06. The highest BCUT2D eigenvalue weighted by Gasteiger charge is 2.19. The molecule has 0 bridgehead atoms. The van der Waals surface area contributed by atoms with Crippen LogP contribution in [0.4, 0.5) is 5.69 Å². The molecule has 0 unspecified atom stereocenters. The second kappa shape index (κ2) is 8.20. The van der Waals surface area contributed by atoms with Gasteiger partial charge < -0.3 is 5.32 Å². The largest absolute Gasteiger partial charge is 0.322 e. The smallest absolute Gasteiger partial charge is 0.257 e. The molecule has 0 aliphatic rings. The summed E-state index contributed by atoms with van der Waals surface area (Å²) in [6.07, 6.45) is 0. The van der Waals surface area contributed by atoms with Crippen LogP contribution in [-0.2, 0) is 10.0 Å². The van der Waals surface area contributed by atoms with Gasteiger partial charge in [-0.1, -0.05) is 37.6 Å². The highest BCUT2D eigenvalue weighted by atomic mass is 35.5. The molecule has 0 heterocycles. The van der Waals surface area contributed by atoms with Crippen molar-refractivity contribution in [3.8, 4) is 0 Å². The maximum atomic E-state index is 12.6. The monoisotopic (exact) mass is 394 g/mol. The molecular weight excluding hydrogens is 372 g/mol. The molecule has 0 aliphatic heterocycles. The van der Waals surface area contributed by atoms with Crippen LogP contribution in [0.3, 0.4) is 0 Å². The predicted octanol–water partition coefficient (Wildman–Crippen LogP) is 4.40. The van der Waals surface area contributed by atoms with E-state index in [1.54, 1.807) is 19.9 Å². The molecule has 26 heavy (non-hydrogen) atoms. The third-order valence-corrected chi connectivity index (χ3v) is 5.68. The Morgan fingerprint density at radius 3 is 2.35 bits per heavy atom. The number of anilines is 1. The minimum absolute atomic E-state index is 0.00307. The molecule has 2 N–H and O–H groups in total. The molecule has 7 heteroatoms. The van der Waals surface area contributed by atoms with Crippen LogP contribution in [0, 0.1) is 0 Å². The van der Waals surface area contributed by atoms with Gasteiger partial charge in [0.1, 0.15) is 0 Å². The molecule has 0 fully saturated rings. The van der Waals surface area contributed by atoms with Crippen molar-refractivity contribution >= 4 is 33.2 Å². The molecule has 0 atom stereocenters. The molecule has 0 saturated carbocycles. The van der Waals surface area contributed by atoms with Crippen molar-refractivity contribution in [2.45, 2.75) is 44.6 Å². The van der Waals surface area contributed by atoms with E-state index in [4.69, 9.17) is 11.6 Å². The van der Waals surface area contributed by atoms with Crippen molar-refractivity contribution in [2.75, 3.05) is 5.32 Å². The van der Waals surface area contributed by atoms with Crippen LogP contribution in [0.2, 0.25) is 5.02 Å². The molecule has 2 rings (SSSR count). The Morgan fingerprint density at radius 1 is 1.04 bits per heavy atom. The molecule has 0 spiro atoms. The minimum atomic E-state index is -3.71. The average Bonchev–Trinajstić information content (AvgIpc) is 2.54. The highest BCUT2D eigenvalue weighted by molar-refractivity contribution is 7.89. The zero-order valence-electron chi connectivity index (χ0n) is 15.2. The Hall–Kier alpha value is -1.89. The van der Waals surface area contributed by atoms with Crippen LogP contribution >= 0.6 is 11.6 Å². The molecule has 0 aliphatic carbocycles. The van der Waals surface area contributed by atoms with E-state index in [-0.39, 0.29) is 21.5 Å². The second-order valence-electron chi connectivity index (χ2n) is 6.65. The van der Waals surface area contributed by atoms with Crippen LogP contribution in [-0.4, -0.2) is 20.4 Å². The molecule has 0 radical (unpaired) electrons. The number of halogens is 1. The van der Waals surface area contributed by atoms with Crippen molar-refractivity contribution in [3.05, 3.63) is 58.6 Å². The Labute approximate surface area is 159 Å². The van der Waals surface area contributed by atoms with Crippen molar-refractivity contribution in [2.24, 2.45) is 0 Å². The first kappa shape index (κ1) is 20.4. The van der Waals surface area contributed by atoms with Crippen LogP contribution in [0.15, 0.2) is 47.4 Å². The van der Waals surface area contributed by atoms with E-state index in [0.29, 0.717) is 11.6 Å². The highest BCUT2D eigenvalue weighted by Crippen LogP contribution is 2.23. The van der Waals surface area contributed by atoms with Gasteiger partial charge in [0.25, 0.3) is 5.91 Å².